The van der Waals surface area contributed by atoms with Crippen LogP contribution in [0, 0.1) is 0 Å². The van der Waals surface area contributed by atoms with Gasteiger partial charge in [-0.05, 0) is 31.2 Å². The van der Waals surface area contributed by atoms with Crippen molar-refractivity contribution in [2.45, 2.75) is 37.6 Å². The molecule has 39 heavy (non-hydrogen) atoms. The predicted octanol–water partition coefficient (Wildman–Crippen LogP) is 5.17. The summed E-state index contributed by atoms with van der Waals surface area (Å²) < 4.78 is 57.1. The van der Waals surface area contributed by atoms with Crippen molar-refractivity contribution >= 4 is 28.1 Å². The van der Waals surface area contributed by atoms with E-state index in [-0.39, 0.29) is 34.5 Å². The molecule has 13 heteroatoms. The summed E-state index contributed by atoms with van der Waals surface area (Å²) in [7, 11) is 2.99. The number of thiazole rings is 1. The molecule has 0 radical (unpaired) electrons. The lowest BCUT2D eigenvalue weighted by atomic mass is 9.91. The third-order valence-corrected chi connectivity index (χ3v) is 7.86. The number of halogens is 3. The molecule has 1 fully saturated rings. The van der Waals surface area contributed by atoms with Crippen LogP contribution in [0.3, 0.4) is 0 Å². The number of aromatic nitrogens is 3. The van der Waals surface area contributed by atoms with E-state index in [1.165, 1.54) is 30.6 Å². The van der Waals surface area contributed by atoms with E-state index in [4.69, 9.17) is 19.6 Å². The van der Waals surface area contributed by atoms with Gasteiger partial charge in [0.25, 0.3) is 5.91 Å². The molecular weight excluding hydrogens is 535 g/mol. The summed E-state index contributed by atoms with van der Waals surface area (Å²) in [6.07, 6.45) is -1.80. The number of fused-ring (bicyclic) bond motifs is 1. The smallest absolute Gasteiger partial charge is 0.433 e. The van der Waals surface area contributed by atoms with Crippen molar-refractivity contribution < 1.29 is 31.9 Å². The molecule has 9 nitrogen and oxygen atoms in total. The molecule has 1 atom stereocenters. The topological polar surface area (TPSA) is 117 Å². The Morgan fingerprint density at radius 2 is 1.92 bits per heavy atom. The minimum Gasteiger partial charge on any atom is -0.494 e. The lowest BCUT2D eigenvalue weighted by molar-refractivity contribution is -0.140. The van der Waals surface area contributed by atoms with Gasteiger partial charge in [-0.15, -0.1) is 11.3 Å². The molecule has 1 aromatic carbocycles. The highest BCUT2D eigenvalue weighted by molar-refractivity contribution is 7.09. The van der Waals surface area contributed by atoms with Crippen LogP contribution in [0.4, 0.5) is 13.2 Å². The zero-order valence-electron chi connectivity index (χ0n) is 21.4. The Bertz CT molecular complexity index is 1500. The Morgan fingerprint density at radius 1 is 1.18 bits per heavy atom. The van der Waals surface area contributed by atoms with Crippen molar-refractivity contribution in [1.29, 1.82) is 0 Å². The molecule has 0 bridgehead atoms. The fraction of sp³-hybridized carbons (Fsp3) is 0.385. The predicted molar refractivity (Wildman–Crippen MR) is 137 cm³/mol. The number of carbonyl (C=O) groups is 1. The molecule has 0 aliphatic carbocycles. The molecule has 1 aliphatic rings. The fourth-order valence-electron chi connectivity index (χ4n) is 4.78. The first kappa shape index (κ1) is 27.0. The standard InChI is InChI=1S/C26H26F3N5O4S/c1-14(30)21-20(23(35)34-11-8-25(37-3,9-12-34)24-31-10-13-39-24)33-22(38-21)16-4-6-17(36-2)19-15(16)5-7-18(32-19)26(27,28)29/h4-7,10,13-14H,8-9,11-12,30H2,1-3H3/t14-/m0/s1. The fourth-order valence-corrected chi connectivity index (χ4v) is 5.66. The second-order valence-electron chi connectivity index (χ2n) is 9.25. The van der Waals surface area contributed by atoms with Crippen LogP contribution in [-0.4, -0.2) is 53.1 Å². The zero-order valence-corrected chi connectivity index (χ0v) is 22.2. The number of pyridine rings is 1. The van der Waals surface area contributed by atoms with E-state index in [0.29, 0.717) is 36.9 Å². The molecular formula is C26H26F3N5O4S. The SMILES string of the molecule is COc1ccc(-c2nc(C(=O)N3CCC(OC)(c4nccs4)CC3)c([C@H](C)N)o2)c2ccc(C(F)(F)F)nc12. The van der Waals surface area contributed by atoms with Crippen LogP contribution in [0.1, 0.15) is 52.8 Å². The van der Waals surface area contributed by atoms with Crippen LogP contribution in [0.5, 0.6) is 5.75 Å². The Balaban J connectivity index is 1.50. The van der Waals surface area contributed by atoms with E-state index in [1.54, 1.807) is 31.2 Å². The molecule has 3 aromatic heterocycles. The van der Waals surface area contributed by atoms with Crippen LogP contribution < -0.4 is 10.5 Å². The van der Waals surface area contributed by atoms with Crippen molar-refractivity contribution in [2.24, 2.45) is 5.73 Å². The zero-order chi connectivity index (χ0) is 27.9. The number of amides is 1. The number of nitrogens with two attached hydrogens (primary N) is 1. The Labute approximate surface area is 225 Å². The number of piperidine rings is 1. The first-order chi connectivity index (χ1) is 18.6. The maximum Gasteiger partial charge on any atom is 0.433 e. The summed E-state index contributed by atoms with van der Waals surface area (Å²) in [6, 6.07) is 4.58. The summed E-state index contributed by atoms with van der Waals surface area (Å²) in [5, 5.41) is 3.08. The largest absolute Gasteiger partial charge is 0.494 e. The van der Waals surface area contributed by atoms with E-state index >= 15 is 0 Å². The van der Waals surface area contributed by atoms with Crippen LogP contribution in [0.15, 0.2) is 40.3 Å². The van der Waals surface area contributed by atoms with E-state index < -0.39 is 23.5 Å². The van der Waals surface area contributed by atoms with Crippen LogP contribution in [0.2, 0.25) is 0 Å². The van der Waals surface area contributed by atoms with Gasteiger partial charge in [-0.3, -0.25) is 4.79 Å². The van der Waals surface area contributed by atoms with Gasteiger partial charge in [0, 0.05) is 55.6 Å². The van der Waals surface area contributed by atoms with Gasteiger partial charge in [-0.25, -0.2) is 15.0 Å². The molecule has 0 saturated carbocycles. The van der Waals surface area contributed by atoms with Gasteiger partial charge in [0.2, 0.25) is 5.89 Å². The molecule has 4 aromatic rings. The normalized spacial score (nSPS) is 16.4. The molecule has 1 aliphatic heterocycles. The Kier molecular flexibility index (Phi) is 7.08. The number of rotatable bonds is 6. The number of likely N-dealkylation sites (tertiary alicyclic amines) is 1. The second kappa shape index (κ2) is 10.2. The minimum absolute atomic E-state index is 0.00706. The van der Waals surface area contributed by atoms with Gasteiger partial charge in [0.15, 0.2) is 11.5 Å². The minimum atomic E-state index is -4.63. The third-order valence-electron chi connectivity index (χ3n) is 6.90. The number of carbonyl (C=O) groups excluding carboxylic acids is 1. The Hall–Kier alpha value is -3.55. The van der Waals surface area contributed by atoms with Crippen LogP contribution >= 0.6 is 11.3 Å². The quantitative estimate of drug-likeness (QED) is 0.343. The molecule has 4 heterocycles. The maximum atomic E-state index is 13.6. The highest BCUT2D eigenvalue weighted by Crippen LogP contribution is 2.39. The summed E-state index contributed by atoms with van der Waals surface area (Å²) in [6.45, 7) is 2.48. The number of alkyl halides is 3. The molecule has 0 spiro atoms. The summed E-state index contributed by atoms with van der Waals surface area (Å²) >= 11 is 1.51. The third kappa shape index (κ3) is 4.85. The monoisotopic (exact) mass is 561 g/mol. The van der Waals surface area contributed by atoms with Gasteiger partial charge < -0.3 is 24.5 Å². The number of ether oxygens (including phenoxy) is 2. The lowest BCUT2D eigenvalue weighted by Crippen LogP contribution is -2.46. The molecule has 5 rings (SSSR count). The van der Waals surface area contributed by atoms with Gasteiger partial charge in [0.1, 0.15) is 27.6 Å². The highest BCUT2D eigenvalue weighted by Gasteiger charge is 2.41. The molecule has 2 N–H and O–H groups in total. The van der Waals surface area contributed by atoms with Crippen molar-refractivity contribution in [3.63, 3.8) is 0 Å². The number of nitrogens with zero attached hydrogens (tertiary/aromatic N) is 4. The molecule has 1 saturated heterocycles. The second-order valence-corrected chi connectivity index (χ2v) is 10.1. The number of benzene rings is 1. The number of oxazole rings is 1. The van der Waals surface area contributed by atoms with Crippen LogP contribution in [0.25, 0.3) is 22.4 Å². The Morgan fingerprint density at radius 3 is 2.51 bits per heavy atom. The summed E-state index contributed by atoms with van der Waals surface area (Å²) in [5.74, 6) is 0.0370. The first-order valence-corrected chi connectivity index (χ1v) is 13.0. The van der Waals surface area contributed by atoms with E-state index in [0.717, 1.165) is 11.1 Å². The van der Waals surface area contributed by atoms with Crippen molar-refractivity contribution in [2.75, 3.05) is 27.3 Å². The van der Waals surface area contributed by atoms with Crippen molar-refractivity contribution in [3.8, 4) is 17.2 Å². The van der Waals surface area contributed by atoms with E-state index in [9.17, 15) is 18.0 Å². The molecule has 206 valence electrons. The maximum absolute atomic E-state index is 13.6. The first-order valence-electron chi connectivity index (χ1n) is 12.1. The van der Waals surface area contributed by atoms with Crippen molar-refractivity contribution in [3.05, 3.63) is 58.0 Å². The average molecular weight is 562 g/mol. The number of hydrogen-bond acceptors (Lipinski definition) is 9. The number of hydrogen-bond donors (Lipinski definition) is 1. The average Bonchev–Trinajstić information content (AvgIpc) is 3.63. The molecule has 1 amide bonds. The number of methoxy groups -OCH3 is 2. The van der Waals surface area contributed by atoms with Gasteiger partial charge in [0.05, 0.1) is 13.2 Å². The van der Waals surface area contributed by atoms with Crippen LogP contribution in [-0.2, 0) is 16.5 Å². The lowest BCUT2D eigenvalue weighted by Gasteiger charge is -2.39. The molecule has 0 unspecified atom stereocenters. The summed E-state index contributed by atoms with van der Waals surface area (Å²) in [5.41, 5.74) is 4.93. The van der Waals surface area contributed by atoms with E-state index in [1.807, 2.05) is 5.38 Å². The van der Waals surface area contributed by atoms with Gasteiger partial charge in [-0.1, -0.05) is 0 Å². The van der Waals surface area contributed by atoms with Gasteiger partial charge in [-0.2, -0.15) is 13.2 Å². The van der Waals surface area contributed by atoms with Crippen molar-refractivity contribution in [1.82, 2.24) is 19.9 Å². The highest BCUT2D eigenvalue weighted by atomic mass is 32.1. The van der Waals surface area contributed by atoms with Gasteiger partial charge >= 0.3 is 6.18 Å². The van der Waals surface area contributed by atoms with E-state index in [2.05, 4.69) is 15.0 Å². The summed E-state index contributed by atoms with van der Waals surface area (Å²) in [4.78, 5) is 28.0.